The Balaban J connectivity index is 1.68. The Hall–Kier alpha value is -1.54. The molecule has 3 heterocycles. The maximum Gasteiger partial charge on any atom is 0.181 e. The van der Waals surface area contributed by atoms with E-state index in [2.05, 4.69) is 62.3 Å². The first kappa shape index (κ1) is 19.2. The van der Waals surface area contributed by atoms with Gasteiger partial charge in [0.1, 0.15) is 0 Å². The quantitative estimate of drug-likeness (QED) is 0.664. The molecule has 6 nitrogen and oxygen atoms in total. The fraction of sp³-hybridized carbons (Fsp3) is 0.579. The van der Waals surface area contributed by atoms with Gasteiger partial charge in [-0.3, -0.25) is 14.8 Å². The predicted octanol–water partition coefficient (Wildman–Crippen LogP) is 2.79. The number of rotatable bonds is 8. The molecule has 0 spiro atoms. The van der Waals surface area contributed by atoms with Crippen molar-refractivity contribution in [3.8, 4) is 0 Å². The average Bonchev–Trinajstić information content (AvgIpc) is 3.02. The SMILES string of the molecule is CC(C)n1ccn(CN(CCN2CCOCC2)Cc2ccncc2)c1=S. The van der Waals surface area contributed by atoms with Crippen molar-refractivity contribution in [2.75, 3.05) is 39.4 Å². The minimum absolute atomic E-state index is 0.380. The molecule has 0 amide bonds. The minimum Gasteiger partial charge on any atom is -0.379 e. The molecule has 1 aliphatic heterocycles. The summed E-state index contributed by atoms with van der Waals surface area (Å²) in [6, 6.07) is 4.55. The molecule has 7 heteroatoms. The van der Waals surface area contributed by atoms with Crippen molar-refractivity contribution < 1.29 is 4.74 Å². The normalized spacial score (nSPS) is 15.8. The predicted molar refractivity (Wildman–Crippen MR) is 106 cm³/mol. The second-order valence-electron chi connectivity index (χ2n) is 7.05. The van der Waals surface area contributed by atoms with E-state index in [1.54, 1.807) is 0 Å². The molecule has 0 aliphatic carbocycles. The highest BCUT2D eigenvalue weighted by molar-refractivity contribution is 7.71. The lowest BCUT2D eigenvalue weighted by molar-refractivity contribution is 0.0310. The summed E-state index contributed by atoms with van der Waals surface area (Å²) in [5, 5.41) is 0. The third-order valence-corrected chi connectivity index (χ3v) is 5.22. The third kappa shape index (κ3) is 5.23. The first-order valence-electron chi connectivity index (χ1n) is 9.32. The van der Waals surface area contributed by atoms with Gasteiger partial charge >= 0.3 is 0 Å². The monoisotopic (exact) mass is 375 g/mol. The van der Waals surface area contributed by atoms with Crippen molar-refractivity contribution in [2.45, 2.75) is 33.1 Å². The Kier molecular flexibility index (Phi) is 6.96. The van der Waals surface area contributed by atoms with Gasteiger partial charge in [-0.15, -0.1) is 0 Å². The van der Waals surface area contributed by atoms with Crippen LogP contribution in [0.1, 0.15) is 25.5 Å². The van der Waals surface area contributed by atoms with Crippen molar-refractivity contribution in [3.05, 3.63) is 47.3 Å². The van der Waals surface area contributed by atoms with Crippen LogP contribution in [0.3, 0.4) is 0 Å². The fourth-order valence-electron chi connectivity index (χ4n) is 3.20. The molecule has 0 atom stereocenters. The van der Waals surface area contributed by atoms with E-state index < -0.39 is 0 Å². The molecule has 0 bridgehead atoms. The standard InChI is InChI=1S/C19H29N5OS/c1-17(2)24-10-9-23(19(24)26)16-22(15-18-3-5-20-6-4-18)8-7-21-11-13-25-14-12-21/h3-6,9-10,17H,7-8,11-16H2,1-2H3. The molecule has 1 aliphatic rings. The number of ether oxygens (including phenoxy) is 1. The van der Waals surface area contributed by atoms with Crippen molar-refractivity contribution >= 4 is 12.2 Å². The van der Waals surface area contributed by atoms with Gasteiger partial charge in [0.05, 0.1) is 19.9 Å². The molecule has 1 fully saturated rings. The van der Waals surface area contributed by atoms with Crippen molar-refractivity contribution in [1.29, 1.82) is 0 Å². The molecular formula is C19H29N5OS. The Morgan fingerprint density at radius 3 is 2.58 bits per heavy atom. The summed E-state index contributed by atoms with van der Waals surface area (Å²) in [4.78, 5) is 9.05. The molecule has 0 aromatic carbocycles. The highest BCUT2D eigenvalue weighted by Crippen LogP contribution is 2.11. The van der Waals surface area contributed by atoms with Crippen molar-refractivity contribution in [2.24, 2.45) is 0 Å². The highest BCUT2D eigenvalue weighted by Gasteiger charge is 2.14. The number of hydrogen-bond acceptors (Lipinski definition) is 5. The summed E-state index contributed by atoms with van der Waals surface area (Å²) in [7, 11) is 0. The first-order valence-corrected chi connectivity index (χ1v) is 9.73. The smallest absolute Gasteiger partial charge is 0.181 e. The number of morpholine rings is 1. The number of imidazole rings is 1. The molecular weight excluding hydrogens is 346 g/mol. The maximum absolute atomic E-state index is 5.66. The van der Waals surface area contributed by atoms with Gasteiger partial charge < -0.3 is 13.9 Å². The van der Waals surface area contributed by atoms with E-state index in [9.17, 15) is 0 Å². The van der Waals surface area contributed by atoms with Crippen molar-refractivity contribution in [3.63, 3.8) is 0 Å². The van der Waals surface area contributed by atoms with Crippen LogP contribution in [0.25, 0.3) is 0 Å². The highest BCUT2D eigenvalue weighted by atomic mass is 32.1. The molecule has 2 aromatic heterocycles. The van der Waals surface area contributed by atoms with Crippen LogP contribution in [0.4, 0.5) is 0 Å². The average molecular weight is 376 g/mol. The third-order valence-electron chi connectivity index (χ3n) is 4.77. The Bertz CT molecular complexity index is 721. The van der Waals surface area contributed by atoms with Crippen LogP contribution >= 0.6 is 12.2 Å². The number of hydrogen-bond donors (Lipinski definition) is 0. The zero-order valence-corrected chi connectivity index (χ0v) is 16.6. The molecule has 2 aromatic rings. The van der Waals surface area contributed by atoms with E-state index in [4.69, 9.17) is 17.0 Å². The molecule has 0 unspecified atom stereocenters. The van der Waals surface area contributed by atoms with Crippen LogP contribution in [0.2, 0.25) is 0 Å². The van der Waals surface area contributed by atoms with E-state index in [1.165, 1.54) is 5.56 Å². The summed E-state index contributed by atoms with van der Waals surface area (Å²) >= 11 is 5.66. The van der Waals surface area contributed by atoms with Crippen molar-refractivity contribution in [1.82, 2.24) is 23.9 Å². The summed E-state index contributed by atoms with van der Waals surface area (Å²) in [6.45, 7) is 11.8. The van der Waals surface area contributed by atoms with Crippen LogP contribution in [0.15, 0.2) is 36.9 Å². The second-order valence-corrected chi connectivity index (χ2v) is 7.42. The Morgan fingerprint density at radius 1 is 1.19 bits per heavy atom. The van der Waals surface area contributed by atoms with E-state index in [-0.39, 0.29) is 0 Å². The molecule has 0 saturated carbocycles. The molecule has 26 heavy (non-hydrogen) atoms. The van der Waals surface area contributed by atoms with E-state index in [0.29, 0.717) is 6.04 Å². The first-order chi connectivity index (χ1) is 12.6. The molecule has 3 rings (SSSR count). The molecule has 0 radical (unpaired) electrons. The van der Waals surface area contributed by atoms with Crippen LogP contribution < -0.4 is 0 Å². The van der Waals surface area contributed by atoms with Crippen LogP contribution in [0.5, 0.6) is 0 Å². The topological polar surface area (TPSA) is 38.5 Å². The van der Waals surface area contributed by atoms with E-state index in [0.717, 1.165) is 57.4 Å². The lowest BCUT2D eigenvalue weighted by Crippen LogP contribution is -2.41. The van der Waals surface area contributed by atoms with E-state index >= 15 is 0 Å². The summed E-state index contributed by atoms with van der Waals surface area (Å²) < 4.78 is 10.6. The zero-order chi connectivity index (χ0) is 18.4. The molecule has 0 N–H and O–H groups in total. The number of nitrogens with zero attached hydrogens (tertiary/aromatic N) is 5. The Labute approximate surface area is 161 Å². The minimum atomic E-state index is 0.380. The largest absolute Gasteiger partial charge is 0.379 e. The van der Waals surface area contributed by atoms with E-state index in [1.807, 2.05) is 12.4 Å². The maximum atomic E-state index is 5.66. The van der Waals surface area contributed by atoms with Gasteiger partial charge in [0, 0.05) is 63.6 Å². The van der Waals surface area contributed by atoms with Gasteiger partial charge in [0.2, 0.25) is 0 Å². The van der Waals surface area contributed by atoms with Gasteiger partial charge in [0.25, 0.3) is 0 Å². The van der Waals surface area contributed by atoms with Gasteiger partial charge in [-0.25, -0.2) is 0 Å². The Morgan fingerprint density at radius 2 is 1.92 bits per heavy atom. The van der Waals surface area contributed by atoms with Gasteiger partial charge in [-0.2, -0.15) is 0 Å². The summed E-state index contributed by atoms with van der Waals surface area (Å²) in [5.74, 6) is 0. The summed E-state index contributed by atoms with van der Waals surface area (Å²) in [5.41, 5.74) is 1.27. The van der Waals surface area contributed by atoms with Gasteiger partial charge in [-0.05, 0) is 43.8 Å². The number of aromatic nitrogens is 3. The van der Waals surface area contributed by atoms with Gasteiger partial charge in [-0.1, -0.05) is 0 Å². The lowest BCUT2D eigenvalue weighted by atomic mass is 10.2. The number of pyridine rings is 1. The fourth-order valence-corrected chi connectivity index (χ4v) is 3.59. The second kappa shape index (κ2) is 9.41. The molecule has 142 valence electrons. The molecule has 1 saturated heterocycles. The summed E-state index contributed by atoms with van der Waals surface area (Å²) in [6.07, 6.45) is 7.89. The van der Waals surface area contributed by atoms with Crippen LogP contribution in [-0.4, -0.2) is 63.3 Å². The van der Waals surface area contributed by atoms with Gasteiger partial charge in [0.15, 0.2) is 4.77 Å². The van der Waals surface area contributed by atoms with Crippen LogP contribution in [-0.2, 0) is 18.0 Å². The van der Waals surface area contributed by atoms with Crippen LogP contribution in [0, 0.1) is 4.77 Å². The lowest BCUT2D eigenvalue weighted by Gasteiger charge is -2.30. The zero-order valence-electron chi connectivity index (χ0n) is 15.8.